The molecule has 0 aromatic rings. The van der Waals surface area contributed by atoms with Gasteiger partial charge in [-0.15, -0.1) is 0 Å². The number of rotatable bonds is 3. The maximum atomic E-state index is 11.8. The molecule has 0 saturated carbocycles. The van der Waals surface area contributed by atoms with Crippen LogP contribution in [0.4, 0.5) is 0 Å². The topological polar surface area (TPSA) is 61.8 Å². The first kappa shape index (κ1) is 11.8. The number of ether oxygens (including phenoxy) is 1. The summed E-state index contributed by atoms with van der Waals surface area (Å²) in [7, 11) is 0. The Labute approximate surface area is 95.8 Å². The third-order valence-electron chi connectivity index (χ3n) is 3.27. The van der Waals surface area contributed by atoms with Gasteiger partial charge in [0.25, 0.3) is 0 Å². The Morgan fingerprint density at radius 2 is 2.06 bits per heavy atom. The number of hydrogen-bond donors (Lipinski definition) is 2. The molecule has 16 heavy (non-hydrogen) atoms. The lowest BCUT2D eigenvalue weighted by molar-refractivity contribution is -0.131. The van der Waals surface area contributed by atoms with Crippen molar-refractivity contribution in [1.82, 2.24) is 10.2 Å². The highest BCUT2D eigenvalue weighted by Gasteiger charge is 2.26. The van der Waals surface area contributed by atoms with Crippen molar-refractivity contribution < 1.29 is 14.6 Å². The maximum Gasteiger partial charge on any atom is 0.236 e. The lowest BCUT2D eigenvalue weighted by atomic mass is 10.1. The van der Waals surface area contributed by atoms with E-state index in [2.05, 4.69) is 5.32 Å². The SMILES string of the molecule is O=C(CNC1COCC1O)N1CCCCC1. The second-order valence-corrected chi connectivity index (χ2v) is 4.53. The maximum absolute atomic E-state index is 11.8. The number of piperidine rings is 1. The van der Waals surface area contributed by atoms with Crippen LogP contribution in [0.25, 0.3) is 0 Å². The van der Waals surface area contributed by atoms with E-state index in [-0.39, 0.29) is 11.9 Å². The molecular formula is C11H20N2O3. The first-order chi connectivity index (χ1) is 7.77. The lowest BCUT2D eigenvalue weighted by Crippen LogP contribution is -2.46. The lowest BCUT2D eigenvalue weighted by Gasteiger charge is -2.27. The monoisotopic (exact) mass is 228 g/mol. The zero-order valence-electron chi connectivity index (χ0n) is 9.52. The average molecular weight is 228 g/mol. The van der Waals surface area contributed by atoms with Gasteiger partial charge in [-0.1, -0.05) is 0 Å². The number of carbonyl (C=O) groups is 1. The molecule has 0 bridgehead atoms. The summed E-state index contributed by atoms with van der Waals surface area (Å²) in [6.07, 6.45) is 2.97. The fourth-order valence-electron chi connectivity index (χ4n) is 2.21. The van der Waals surface area contributed by atoms with Gasteiger partial charge in [-0.05, 0) is 19.3 Å². The van der Waals surface area contributed by atoms with Crippen molar-refractivity contribution in [2.75, 3.05) is 32.8 Å². The summed E-state index contributed by atoms with van der Waals surface area (Å²) in [6.45, 7) is 2.93. The number of carbonyl (C=O) groups excluding carboxylic acids is 1. The Hall–Kier alpha value is -0.650. The summed E-state index contributed by atoms with van der Waals surface area (Å²) in [6, 6.07) is -0.0891. The van der Waals surface area contributed by atoms with E-state index in [0.29, 0.717) is 19.8 Å². The predicted octanol–water partition coefficient (Wildman–Crippen LogP) is -0.652. The van der Waals surface area contributed by atoms with Gasteiger partial charge in [0.2, 0.25) is 5.91 Å². The van der Waals surface area contributed by atoms with Crippen LogP contribution in [-0.2, 0) is 9.53 Å². The third-order valence-corrected chi connectivity index (χ3v) is 3.27. The van der Waals surface area contributed by atoms with Crippen molar-refractivity contribution >= 4 is 5.91 Å². The fourth-order valence-corrected chi connectivity index (χ4v) is 2.21. The van der Waals surface area contributed by atoms with Gasteiger partial charge in [0.15, 0.2) is 0 Å². The summed E-state index contributed by atoms with van der Waals surface area (Å²) in [4.78, 5) is 13.7. The van der Waals surface area contributed by atoms with E-state index < -0.39 is 6.10 Å². The van der Waals surface area contributed by atoms with Crippen molar-refractivity contribution in [3.63, 3.8) is 0 Å². The molecule has 1 amide bonds. The van der Waals surface area contributed by atoms with Crippen LogP contribution in [-0.4, -0.2) is 60.9 Å². The molecule has 2 unspecified atom stereocenters. The Bertz CT molecular complexity index is 241. The van der Waals surface area contributed by atoms with Gasteiger partial charge < -0.3 is 20.1 Å². The number of nitrogens with zero attached hydrogens (tertiary/aromatic N) is 1. The number of likely N-dealkylation sites (tertiary alicyclic amines) is 1. The highest BCUT2D eigenvalue weighted by atomic mass is 16.5. The van der Waals surface area contributed by atoms with Gasteiger partial charge in [-0.3, -0.25) is 4.79 Å². The van der Waals surface area contributed by atoms with Gasteiger partial charge in [0, 0.05) is 13.1 Å². The first-order valence-corrected chi connectivity index (χ1v) is 6.04. The predicted molar refractivity (Wildman–Crippen MR) is 59.0 cm³/mol. The minimum atomic E-state index is -0.478. The second kappa shape index (κ2) is 5.61. The van der Waals surface area contributed by atoms with Gasteiger partial charge in [0.1, 0.15) is 0 Å². The van der Waals surface area contributed by atoms with Crippen molar-refractivity contribution in [2.24, 2.45) is 0 Å². The van der Waals surface area contributed by atoms with Crippen molar-refractivity contribution in [3.05, 3.63) is 0 Å². The molecule has 2 N–H and O–H groups in total. The zero-order valence-corrected chi connectivity index (χ0v) is 9.52. The zero-order chi connectivity index (χ0) is 11.4. The molecule has 0 aliphatic carbocycles. The van der Waals surface area contributed by atoms with Crippen LogP contribution in [0.2, 0.25) is 0 Å². The van der Waals surface area contributed by atoms with Gasteiger partial charge in [-0.2, -0.15) is 0 Å². The van der Waals surface area contributed by atoms with Gasteiger partial charge in [0.05, 0.1) is 31.9 Å². The average Bonchev–Trinajstić information content (AvgIpc) is 2.73. The van der Waals surface area contributed by atoms with Crippen LogP contribution < -0.4 is 5.32 Å². The molecule has 5 heteroatoms. The van der Waals surface area contributed by atoms with Crippen molar-refractivity contribution in [2.45, 2.75) is 31.4 Å². The second-order valence-electron chi connectivity index (χ2n) is 4.53. The van der Waals surface area contributed by atoms with E-state index in [0.717, 1.165) is 25.9 Å². The molecule has 2 heterocycles. The Morgan fingerprint density at radius 3 is 2.69 bits per heavy atom. The van der Waals surface area contributed by atoms with Crippen LogP contribution >= 0.6 is 0 Å². The minimum absolute atomic E-state index is 0.0891. The van der Waals surface area contributed by atoms with E-state index >= 15 is 0 Å². The van der Waals surface area contributed by atoms with Crippen LogP contribution in [0.15, 0.2) is 0 Å². The van der Waals surface area contributed by atoms with Crippen LogP contribution in [0.5, 0.6) is 0 Å². The molecule has 2 aliphatic rings. The number of hydrogen-bond acceptors (Lipinski definition) is 4. The molecule has 2 atom stereocenters. The summed E-state index contributed by atoms with van der Waals surface area (Å²) in [5, 5.41) is 12.6. The first-order valence-electron chi connectivity index (χ1n) is 6.04. The van der Waals surface area contributed by atoms with Crippen molar-refractivity contribution in [1.29, 1.82) is 0 Å². The van der Waals surface area contributed by atoms with E-state index in [4.69, 9.17) is 4.74 Å². The van der Waals surface area contributed by atoms with Gasteiger partial charge >= 0.3 is 0 Å². The van der Waals surface area contributed by atoms with Crippen molar-refractivity contribution in [3.8, 4) is 0 Å². The third kappa shape index (κ3) is 2.93. The smallest absolute Gasteiger partial charge is 0.236 e. The summed E-state index contributed by atoms with van der Waals surface area (Å²) < 4.78 is 5.11. The highest BCUT2D eigenvalue weighted by molar-refractivity contribution is 5.78. The van der Waals surface area contributed by atoms with Crippen LogP contribution in [0, 0.1) is 0 Å². The largest absolute Gasteiger partial charge is 0.389 e. The minimum Gasteiger partial charge on any atom is -0.389 e. The Balaban J connectivity index is 1.70. The Kier molecular flexibility index (Phi) is 4.15. The Morgan fingerprint density at radius 1 is 1.31 bits per heavy atom. The van der Waals surface area contributed by atoms with Crippen LogP contribution in [0.3, 0.4) is 0 Å². The molecule has 2 saturated heterocycles. The number of aliphatic hydroxyl groups is 1. The molecule has 2 rings (SSSR count). The summed E-state index contributed by atoms with van der Waals surface area (Å²) >= 11 is 0. The molecule has 0 spiro atoms. The number of nitrogens with one attached hydrogen (secondary N) is 1. The quantitative estimate of drug-likeness (QED) is 0.674. The molecule has 2 fully saturated rings. The molecular weight excluding hydrogens is 208 g/mol. The molecule has 5 nitrogen and oxygen atoms in total. The van der Waals surface area contributed by atoms with E-state index in [1.54, 1.807) is 0 Å². The van der Waals surface area contributed by atoms with E-state index in [1.165, 1.54) is 6.42 Å². The fraction of sp³-hybridized carbons (Fsp3) is 0.909. The van der Waals surface area contributed by atoms with Crippen LogP contribution in [0.1, 0.15) is 19.3 Å². The normalized spacial score (nSPS) is 30.7. The standard InChI is InChI=1S/C11H20N2O3/c14-10-8-16-7-9(10)12-6-11(15)13-4-2-1-3-5-13/h9-10,12,14H,1-8H2. The molecule has 0 aromatic carbocycles. The summed E-state index contributed by atoms with van der Waals surface area (Å²) in [5.74, 6) is 0.138. The summed E-state index contributed by atoms with van der Waals surface area (Å²) in [5.41, 5.74) is 0. The molecule has 0 aromatic heterocycles. The highest BCUT2D eigenvalue weighted by Crippen LogP contribution is 2.09. The van der Waals surface area contributed by atoms with E-state index in [9.17, 15) is 9.90 Å². The van der Waals surface area contributed by atoms with E-state index in [1.807, 2.05) is 4.90 Å². The number of aliphatic hydroxyl groups excluding tert-OH is 1. The molecule has 2 aliphatic heterocycles. The molecule has 92 valence electrons. The van der Waals surface area contributed by atoms with Gasteiger partial charge in [-0.25, -0.2) is 0 Å². The molecule has 0 radical (unpaired) electrons. The number of amides is 1.